The van der Waals surface area contributed by atoms with Gasteiger partial charge in [0.05, 0.1) is 0 Å². The minimum Gasteiger partial charge on any atom is -0.788 e. The Hall–Kier alpha value is 4.86. The van der Waals surface area contributed by atoms with E-state index in [1.807, 2.05) is 0 Å². The number of hydrogen-bond acceptors (Lipinski definition) is 8. The standard InChI is InChI=1S/K.3Na.H4O8P2/c;;;;1-9(2,3)7-8-10(4,5)6/h;;;;(H2,1,2,3)(H2,4,5,6)/q4*+1;/p-4. The molecule has 62 valence electrons. The van der Waals surface area contributed by atoms with E-state index >= 15 is 0 Å². The van der Waals surface area contributed by atoms with Crippen LogP contribution in [0.15, 0.2) is 0 Å². The Kier molecular flexibility index (Phi) is 31.9. The summed E-state index contributed by atoms with van der Waals surface area (Å²) >= 11 is 0. The molecule has 0 aromatic rings. The van der Waals surface area contributed by atoms with Crippen LogP contribution >= 0.6 is 15.6 Å². The number of rotatable bonds is 3. The zero-order valence-corrected chi connectivity index (χ0v) is 19.1. The summed E-state index contributed by atoms with van der Waals surface area (Å²) in [5.74, 6) is 0. The molecule has 0 bridgehead atoms. The molecule has 0 atom stereocenters. The van der Waals surface area contributed by atoms with Crippen molar-refractivity contribution < 1.29 is 178 Å². The van der Waals surface area contributed by atoms with Crippen molar-refractivity contribution in [3.8, 4) is 0 Å². The minimum absolute atomic E-state index is 0. The molecule has 8 nitrogen and oxygen atoms in total. The zero-order valence-electron chi connectivity index (χ0n) is 8.16. The predicted octanol–water partition coefficient (Wildman–Crippen LogP) is -15.4. The molecule has 0 aliphatic carbocycles. The van der Waals surface area contributed by atoms with E-state index in [1.165, 1.54) is 0 Å². The second kappa shape index (κ2) is 14.3. The molecule has 0 heterocycles. The summed E-state index contributed by atoms with van der Waals surface area (Å²) in [6.07, 6.45) is 0. The third kappa shape index (κ3) is 30.1. The van der Waals surface area contributed by atoms with E-state index < -0.39 is 15.6 Å². The smallest absolute Gasteiger partial charge is 0.788 e. The van der Waals surface area contributed by atoms with Crippen LogP contribution in [0.4, 0.5) is 0 Å². The summed E-state index contributed by atoms with van der Waals surface area (Å²) in [7, 11) is -11.1. The predicted molar refractivity (Wildman–Crippen MR) is 17.4 cm³/mol. The minimum atomic E-state index is -5.56. The summed E-state index contributed by atoms with van der Waals surface area (Å²) in [5.41, 5.74) is 0. The van der Waals surface area contributed by atoms with Crippen molar-refractivity contribution in [2.45, 2.75) is 0 Å². The summed E-state index contributed by atoms with van der Waals surface area (Å²) in [6.45, 7) is 0. The van der Waals surface area contributed by atoms with Crippen LogP contribution in [-0.2, 0) is 18.5 Å². The van der Waals surface area contributed by atoms with E-state index in [1.54, 1.807) is 0 Å². The first kappa shape index (κ1) is 31.3. The van der Waals surface area contributed by atoms with Crippen LogP contribution in [0.3, 0.4) is 0 Å². The topological polar surface area (TPSA) is 145 Å². The number of hydrogen-bond donors (Lipinski definition) is 0. The molecular weight excluding hydrogens is 298 g/mol. The molecule has 0 N–H and O–H groups in total. The Bertz CT molecular complexity index is 173. The van der Waals surface area contributed by atoms with Crippen LogP contribution in [0.25, 0.3) is 0 Å². The van der Waals surface area contributed by atoms with Crippen molar-refractivity contribution in [3.05, 3.63) is 0 Å². The van der Waals surface area contributed by atoms with E-state index in [9.17, 15) is 28.7 Å². The summed E-state index contributed by atoms with van der Waals surface area (Å²) < 4.78 is 24.1. The van der Waals surface area contributed by atoms with Gasteiger partial charge in [0.25, 0.3) is 0 Å². The molecule has 0 aromatic carbocycles. The molecule has 0 spiro atoms. The Morgan fingerprint density at radius 3 is 0.929 bits per heavy atom. The molecular formula is KNa3O8P2. The first-order valence-electron chi connectivity index (χ1n) is 1.63. The Balaban J connectivity index is -0.0000000675. The molecule has 0 aromatic heterocycles. The largest absolute Gasteiger partial charge is 1.00 e. The van der Waals surface area contributed by atoms with Crippen LogP contribution in [-0.4, -0.2) is 0 Å². The average molecular weight is 298 g/mol. The quantitative estimate of drug-likeness (QED) is 0.216. The molecule has 0 aliphatic rings. The molecule has 0 amide bonds. The first-order valence-corrected chi connectivity index (χ1v) is 4.55. The van der Waals surface area contributed by atoms with Gasteiger partial charge in [-0.1, -0.05) is 0 Å². The zero-order chi connectivity index (χ0) is 8.41. The fourth-order valence-electron chi connectivity index (χ4n) is 0.0816. The Labute approximate surface area is 189 Å². The molecule has 0 fully saturated rings. The summed E-state index contributed by atoms with van der Waals surface area (Å²) in [4.78, 5) is 37.6. The van der Waals surface area contributed by atoms with Crippen molar-refractivity contribution in [1.82, 2.24) is 0 Å². The normalized spacial score (nSPS) is 9.71. The van der Waals surface area contributed by atoms with Crippen molar-refractivity contribution in [2.75, 3.05) is 0 Å². The van der Waals surface area contributed by atoms with E-state index in [-0.39, 0.29) is 140 Å². The fraction of sp³-hybridized carbons (Fsp3) is 0. The van der Waals surface area contributed by atoms with E-state index in [2.05, 4.69) is 9.35 Å². The van der Waals surface area contributed by atoms with Gasteiger partial charge in [0.2, 0.25) is 0 Å². The third-order valence-electron chi connectivity index (χ3n) is 0.216. The first-order chi connectivity index (χ1) is 4.21. The Morgan fingerprint density at radius 2 is 0.857 bits per heavy atom. The van der Waals surface area contributed by atoms with Crippen LogP contribution < -0.4 is 160 Å². The van der Waals surface area contributed by atoms with E-state index in [0.717, 1.165) is 0 Å². The maximum atomic E-state index is 9.40. The summed E-state index contributed by atoms with van der Waals surface area (Å²) in [6, 6.07) is 0. The molecule has 14 heteroatoms. The number of phosphoric acid groups is 2. The maximum Gasteiger partial charge on any atom is 1.00 e. The molecule has 0 unspecified atom stereocenters. The molecule has 14 heavy (non-hydrogen) atoms. The molecule has 0 rings (SSSR count). The van der Waals surface area contributed by atoms with Crippen LogP contribution in [0.5, 0.6) is 0 Å². The van der Waals surface area contributed by atoms with Gasteiger partial charge in [-0.3, -0.25) is 0 Å². The third-order valence-corrected chi connectivity index (χ3v) is 0.848. The molecule has 0 saturated carbocycles. The fourth-order valence-corrected chi connectivity index (χ4v) is 0.735. The van der Waals surface area contributed by atoms with Gasteiger partial charge < -0.3 is 28.7 Å². The molecule has 0 radical (unpaired) electrons. The molecule has 0 aliphatic heterocycles. The van der Waals surface area contributed by atoms with Crippen molar-refractivity contribution in [3.63, 3.8) is 0 Å². The van der Waals surface area contributed by atoms with Gasteiger partial charge in [-0.15, -0.1) is 0 Å². The van der Waals surface area contributed by atoms with E-state index in [4.69, 9.17) is 0 Å². The van der Waals surface area contributed by atoms with Crippen molar-refractivity contribution >= 4 is 15.6 Å². The Morgan fingerprint density at radius 1 is 0.714 bits per heavy atom. The van der Waals surface area contributed by atoms with Crippen LogP contribution in [0.1, 0.15) is 0 Å². The van der Waals surface area contributed by atoms with Gasteiger partial charge in [-0.2, -0.15) is 0 Å². The van der Waals surface area contributed by atoms with Gasteiger partial charge in [-0.05, 0) is 0 Å². The van der Waals surface area contributed by atoms with Crippen LogP contribution in [0, 0.1) is 0 Å². The van der Waals surface area contributed by atoms with Gasteiger partial charge in [0.15, 0.2) is 0 Å². The average Bonchev–Trinajstić information content (AvgIpc) is 1.57. The van der Waals surface area contributed by atoms with Crippen molar-refractivity contribution in [2.24, 2.45) is 0 Å². The maximum absolute atomic E-state index is 9.40. The second-order valence-corrected chi connectivity index (χ2v) is 3.13. The summed E-state index contributed by atoms with van der Waals surface area (Å²) in [5, 5.41) is 0. The van der Waals surface area contributed by atoms with Gasteiger partial charge >= 0.3 is 140 Å². The second-order valence-electron chi connectivity index (χ2n) is 1.04. The van der Waals surface area contributed by atoms with Gasteiger partial charge in [0, 0.05) is 0 Å². The molecule has 0 saturated heterocycles. The van der Waals surface area contributed by atoms with Gasteiger partial charge in [-0.25, -0.2) is 9.35 Å². The van der Waals surface area contributed by atoms with Crippen LogP contribution in [0.2, 0.25) is 0 Å². The van der Waals surface area contributed by atoms with Gasteiger partial charge in [0.1, 0.15) is 15.6 Å². The van der Waals surface area contributed by atoms with E-state index in [0.29, 0.717) is 0 Å². The SMILES string of the molecule is O=P([O-])([O-])OOP(=O)([O-])[O-].[K+].[Na+].[Na+].[Na+]. The van der Waals surface area contributed by atoms with Crippen molar-refractivity contribution in [1.29, 1.82) is 0 Å². The monoisotopic (exact) mass is 298 g/mol.